The maximum Gasteiger partial charge on any atom is 0.319 e. The minimum absolute atomic E-state index is 0.0296. The van der Waals surface area contributed by atoms with Crippen molar-refractivity contribution in [1.29, 1.82) is 0 Å². The molecule has 0 aliphatic carbocycles. The molecule has 7 nitrogen and oxygen atoms in total. The third kappa shape index (κ3) is 6.83. The van der Waals surface area contributed by atoms with Crippen molar-refractivity contribution in [3.8, 4) is 0 Å². The molecule has 7 heteroatoms. The average Bonchev–Trinajstić information content (AvgIpc) is 2.94. The third-order valence-electron chi connectivity index (χ3n) is 5.69. The molecule has 2 aromatic rings. The van der Waals surface area contributed by atoms with Gasteiger partial charge in [0.2, 0.25) is 11.8 Å². The van der Waals surface area contributed by atoms with Crippen molar-refractivity contribution >= 4 is 23.5 Å². The number of likely N-dealkylation sites (N-methyl/N-ethyl adjacent to an activating group) is 1. The average molecular weight is 437 g/mol. The number of nitrogens with one attached hydrogen (secondary N) is 2. The van der Waals surface area contributed by atoms with Crippen molar-refractivity contribution in [2.75, 3.05) is 32.0 Å². The van der Waals surface area contributed by atoms with E-state index in [0.29, 0.717) is 25.2 Å². The topological polar surface area (TPSA) is 81.8 Å². The summed E-state index contributed by atoms with van der Waals surface area (Å²) in [6, 6.07) is 16.4. The second-order valence-corrected chi connectivity index (χ2v) is 8.33. The molecule has 2 aromatic carbocycles. The minimum Gasteiger partial charge on any atom is -0.344 e. The van der Waals surface area contributed by atoms with Crippen LogP contribution in [0.5, 0.6) is 0 Å². The van der Waals surface area contributed by atoms with Crippen LogP contribution in [0.4, 0.5) is 10.5 Å². The summed E-state index contributed by atoms with van der Waals surface area (Å²) >= 11 is 0. The molecule has 1 aliphatic rings. The molecule has 2 N–H and O–H groups in total. The van der Waals surface area contributed by atoms with Crippen LogP contribution in [0.1, 0.15) is 30.4 Å². The van der Waals surface area contributed by atoms with Crippen LogP contribution in [0.25, 0.3) is 0 Å². The molecule has 1 heterocycles. The van der Waals surface area contributed by atoms with E-state index in [1.807, 2.05) is 55.5 Å². The molecular formula is C25H32N4O3. The fourth-order valence-electron chi connectivity index (χ4n) is 3.79. The zero-order valence-electron chi connectivity index (χ0n) is 18.8. The number of carbonyl (C=O) groups excluding carboxylic acids is 3. The van der Waals surface area contributed by atoms with Crippen molar-refractivity contribution in [3.05, 3.63) is 65.7 Å². The predicted molar refractivity (Wildman–Crippen MR) is 125 cm³/mol. The highest BCUT2D eigenvalue weighted by Gasteiger charge is 2.30. The SMILES string of the molecule is Cc1cccc(NC(=O)N[C@H]2CCCCN(CC(=O)N(C)CCc3ccccc3)C2=O)c1. The summed E-state index contributed by atoms with van der Waals surface area (Å²) in [5, 5.41) is 5.57. The van der Waals surface area contributed by atoms with Crippen molar-refractivity contribution in [1.82, 2.24) is 15.1 Å². The van der Waals surface area contributed by atoms with Crippen LogP contribution in [0.3, 0.4) is 0 Å². The van der Waals surface area contributed by atoms with Crippen molar-refractivity contribution < 1.29 is 14.4 Å². The number of amides is 4. The third-order valence-corrected chi connectivity index (χ3v) is 5.69. The number of nitrogens with zero attached hydrogens (tertiary/aromatic N) is 2. The molecule has 0 radical (unpaired) electrons. The maximum atomic E-state index is 13.0. The van der Waals surface area contributed by atoms with Crippen LogP contribution in [0.2, 0.25) is 0 Å². The second kappa shape index (κ2) is 11.3. The van der Waals surface area contributed by atoms with Gasteiger partial charge in [0.15, 0.2) is 0 Å². The Bertz CT molecular complexity index is 932. The number of rotatable bonds is 7. The molecule has 1 fully saturated rings. The van der Waals surface area contributed by atoms with Crippen LogP contribution in [0, 0.1) is 6.92 Å². The Morgan fingerprint density at radius 3 is 2.62 bits per heavy atom. The van der Waals surface area contributed by atoms with E-state index < -0.39 is 12.1 Å². The van der Waals surface area contributed by atoms with Crippen LogP contribution in [0.15, 0.2) is 54.6 Å². The smallest absolute Gasteiger partial charge is 0.319 e. The molecule has 0 aromatic heterocycles. The van der Waals surface area contributed by atoms with E-state index in [1.165, 1.54) is 5.56 Å². The Labute approximate surface area is 189 Å². The normalized spacial score (nSPS) is 16.2. The predicted octanol–water partition coefficient (Wildman–Crippen LogP) is 3.20. The molecule has 170 valence electrons. The zero-order chi connectivity index (χ0) is 22.9. The van der Waals surface area contributed by atoms with Gasteiger partial charge in [-0.25, -0.2) is 4.79 Å². The molecule has 0 saturated carbocycles. The van der Waals surface area contributed by atoms with Crippen LogP contribution < -0.4 is 10.6 Å². The van der Waals surface area contributed by atoms with E-state index in [9.17, 15) is 14.4 Å². The fourth-order valence-corrected chi connectivity index (χ4v) is 3.79. The van der Waals surface area contributed by atoms with Gasteiger partial charge < -0.3 is 20.4 Å². The van der Waals surface area contributed by atoms with Crippen LogP contribution in [-0.4, -0.2) is 60.4 Å². The van der Waals surface area contributed by atoms with E-state index in [4.69, 9.17) is 0 Å². The minimum atomic E-state index is -0.635. The molecule has 1 aliphatic heterocycles. The summed E-state index contributed by atoms with van der Waals surface area (Å²) in [4.78, 5) is 41.4. The molecule has 0 bridgehead atoms. The van der Waals surface area contributed by atoms with Gasteiger partial charge in [-0.3, -0.25) is 9.59 Å². The lowest BCUT2D eigenvalue weighted by molar-refractivity contribution is -0.140. The lowest BCUT2D eigenvalue weighted by Gasteiger charge is -2.27. The number of hydrogen-bond donors (Lipinski definition) is 2. The highest BCUT2D eigenvalue weighted by atomic mass is 16.2. The number of hydrogen-bond acceptors (Lipinski definition) is 3. The van der Waals surface area contributed by atoms with Crippen LogP contribution in [-0.2, 0) is 16.0 Å². The standard InChI is InChI=1S/C25H32N4O3/c1-19-9-8-12-21(17-19)26-25(32)27-22-13-6-7-15-29(24(22)31)18-23(30)28(2)16-14-20-10-4-3-5-11-20/h3-5,8-12,17,22H,6-7,13-16,18H2,1-2H3,(H2,26,27,32)/t22-/m0/s1. The Morgan fingerprint density at radius 1 is 1.09 bits per heavy atom. The monoisotopic (exact) mass is 436 g/mol. The Morgan fingerprint density at radius 2 is 1.88 bits per heavy atom. The van der Waals surface area contributed by atoms with E-state index in [-0.39, 0.29) is 18.4 Å². The Kier molecular flexibility index (Phi) is 8.25. The van der Waals surface area contributed by atoms with Gasteiger partial charge in [-0.05, 0) is 55.9 Å². The maximum absolute atomic E-state index is 13.0. The van der Waals surface area contributed by atoms with Gasteiger partial charge in [0.1, 0.15) is 6.04 Å². The van der Waals surface area contributed by atoms with E-state index >= 15 is 0 Å². The number of likely N-dealkylation sites (tertiary alicyclic amines) is 1. The highest BCUT2D eigenvalue weighted by molar-refractivity contribution is 5.94. The van der Waals surface area contributed by atoms with Gasteiger partial charge in [0.05, 0.1) is 6.54 Å². The Hall–Kier alpha value is -3.35. The summed E-state index contributed by atoms with van der Waals surface area (Å²) in [5.41, 5.74) is 2.88. The lowest BCUT2D eigenvalue weighted by Crippen LogP contribution is -2.51. The highest BCUT2D eigenvalue weighted by Crippen LogP contribution is 2.14. The molecule has 3 rings (SSSR count). The lowest BCUT2D eigenvalue weighted by atomic mass is 10.1. The van der Waals surface area contributed by atoms with Gasteiger partial charge >= 0.3 is 6.03 Å². The molecule has 32 heavy (non-hydrogen) atoms. The summed E-state index contributed by atoms with van der Waals surface area (Å²) in [6.45, 7) is 3.09. The fraction of sp³-hybridized carbons (Fsp3) is 0.400. The van der Waals surface area contributed by atoms with Gasteiger partial charge in [-0.15, -0.1) is 0 Å². The summed E-state index contributed by atoms with van der Waals surface area (Å²) in [6.07, 6.45) is 2.95. The molecule has 0 spiro atoms. The molecular weight excluding hydrogens is 404 g/mol. The number of anilines is 1. The summed E-state index contributed by atoms with van der Waals surface area (Å²) in [7, 11) is 1.76. The molecule has 1 saturated heterocycles. The van der Waals surface area contributed by atoms with Crippen LogP contribution >= 0.6 is 0 Å². The van der Waals surface area contributed by atoms with Gasteiger partial charge in [0.25, 0.3) is 0 Å². The van der Waals surface area contributed by atoms with Gasteiger partial charge in [-0.2, -0.15) is 0 Å². The van der Waals surface area contributed by atoms with E-state index in [1.54, 1.807) is 22.9 Å². The largest absolute Gasteiger partial charge is 0.344 e. The second-order valence-electron chi connectivity index (χ2n) is 8.33. The van der Waals surface area contributed by atoms with Crippen molar-refractivity contribution in [2.24, 2.45) is 0 Å². The van der Waals surface area contributed by atoms with Crippen molar-refractivity contribution in [2.45, 2.75) is 38.6 Å². The van der Waals surface area contributed by atoms with Gasteiger partial charge in [0, 0.05) is 25.8 Å². The van der Waals surface area contributed by atoms with E-state index in [0.717, 1.165) is 24.8 Å². The molecule has 1 atom stereocenters. The van der Waals surface area contributed by atoms with Crippen molar-refractivity contribution in [3.63, 3.8) is 0 Å². The Balaban J connectivity index is 1.53. The zero-order valence-corrected chi connectivity index (χ0v) is 18.8. The molecule has 0 unspecified atom stereocenters. The summed E-state index contributed by atoms with van der Waals surface area (Å²) in [5.74, 6) is -0.300. The number of urea groups is 1. The number of aryl methyl sites for hydroxylation is 1. The number of benzene rings is 2. The first-order valence-corrected chi connectivity index (χ1v) is 11.1. The first-order chi connectivity index (χ1) is 15.4. The first-order valence-electron chi connectivity index (χ1n) is 11.1. The molecule has 4 amide bonds. The number of carbonyl (C=O) groups is 3. The van der Waals surface area contributed by atoms with E-state index in [2.05, 4.69) is 10.6 Å². The van der Waals surface area contributed by atoms with Gasteiger partial charge in [-0.1, -0.05) is 42.5 Å². The quantitative estimate of drug-likeness (QED) is 0.699. The summed E-state index contributed by atoms with van der Waals surface area (Å²) < 4.78 is 0. The first kappa shape index (κ1) is 23.3.